The van der Waals surface area contributed by atoms with E-state index in [1.165, 1.54) is 6.07 Å². The fourth-order valence-corrected chi connectivity index (χ4v) is 5.12. The van der Waals surface area contributed by atoms with Crippen LogP contribution in [0.1, 0.15) is 24.8 Å². The van der Waals surface area contributed by atoms with Crippen molar-refractivity contribution in [3.8, 4) is 6.07 Å². The van der Waals surface area contributed by atoms with Gasteiger partial charge in [0.05, 0.1) is 17.2 Å². The van der Waals surface area contributed by atoms with Crippen LogP contribution < -0.4 is 10.2 Å². The number of hydrogen-bond donors (Lipinski definition) is 1. The fraction of sp³-hybridized carbons (Fsp3) is 0.562. The molecule has 0 aromatic heterocycles. The van der Waals surface area contributed by atoms with Crippen LogP contribution in [-0.4, -0.2) is 45.1 Å². The Bertz CT molecular complexity index is 721. The number of anilines is 1. The van der Waals surface area contributed by atoms with Crippen molar-refractivity contribution in [2.24, 2.45) is 0 Å². The molecule has 2 aliphatic heterocycles. The van der Waals surface area contributed by atoms with E-state index in [4.69, 9.17) is 5.26 Å². The summed E-state index contributed by atoms with van der Waals surface area (Å²) in [5.41, 5.74) is 0.746. The summed E-state index contributed by atoms with van der Waals surface area (Å²) >= 11 is 0. The maximum atomic E-state index is 13.7. The molecule has 124 valence electrons. The summed E-state index contributed by atoms with van der Waals surface area (Å²) in [5, 5.41) is 12.6. The molecule has 1 aromatic carbocycles. The summed E-state index contributed by atoms with van der Waals surface area (Å²) in [5.74, 6) is 0.0232. The lowest BCUT2D eigenvalue weighted by molar-refractivity contribution is 0.378. The molecule has 1 aromatic rings. The van der Waals surface area contributed by atoms with Gasteiger partial charge in [-0.25, -0.2) is 12.8 Å². The molecule has 1 unspecified atom stereocenters. The largest absolute Gasteiger partial charge is 0.370 e. The molecule has 7 heteroatoms. The van der Waals surface area contributed by atoms with E-state index in [-0.39, 0.29) is 29.2 Å². The van der Waals surface area contributed by atoms with E-state index < -0.39 is 15.7 Å². The lowest BCUT2D eigenvalue weighted by Crippen LogP contribution is -2.46. The number of benzene rings is 1. The van der Waals surface area contributed by atoms with Gasteiger partial charge in [-0.05, 0) is 31.4 Å². The topological polar surface area (TPSA) is 73.2 Å². The molecule has 3 rings (SSSR count). The van der Waals surface area contributed by atoms with Crippen molar-refractivity contribution in [3.05, 3.63) is 29.6 Å². The molecule has 0 amide bonds. The van der Waals surface area contributed by atoms with Crippen molar-refractivity contribution < 1.29 is 12.8 Å². The smallest absolute Gasteiger partial charge is 0.151 e. The van der Waals surface area contributed by atoms with Crippen LogP contribution in [0.25, 0.3) is 0 Å². The third kappa shape index (κ3) is 3.65. The summed E-state index contributed by atoms with van der Waals surface area (Å²) in [6.45, 7) is 1.46. The predicted octanol–water partition coefficient (Wildman–Crippen LogP) is 1.44. The van der Waals surface area contributed by atoms with Crippen LogP contribution in [0.3, 0.4) is 0 Å². The van der Waals surface area contributed by atoms with Crippen LogP contribution in [0.4, 0.5) is 10.1 Å². The average molecular weight is 337 g/mol. The van der Waals surface area contributed by atoms with Gasteiger partial charge in [0.2, 0.25) is 0 Å². The second-order valence-electron chi connectivity index (χ2n) is 6.27. The second kappa shape index (κ2) is 6.46. The van der Waals surface area contributed by atoms with Gasteiger partial charge in [0.15, 0.2) is 9.84 Å². The summed E-state index contributed by atoms with van der Waals surface area (Å²) in [6.07, 6.45) is 2.40. The molecular weight excluding hydrogens is 317 g/mol. The van der Waals surface area contributed by atoms with Gasteiger partial charge < -0.3 is 10.2 Å². The Kier molecular flexibility index (Phi) is 4.55. The number of sulfone groups is 1. The van der Waals surface area contributed by atoms with E-state index in [9.17, 15) is 12.8 Å². The molecule has 0 radical (unpaired) electrons. The molecule has 2 fully saturated rings. The number of nitrogens with one attached hydrogen (secondary N) is 1. The average Bonchev–Trinajstić information content (AvgIpc) is 2.86. The van der Waals surface area contributed by atoms with Crippen LogP contribution in [-0.2, 0) is 9.84 Å². The molecule has 0 spiro atoms. The van der Waals surface area contributed by atoms with Crippen LogP contribution in [0.2, 0.25) is 0 Å². The molecule has 0 bridgehead atoms. The lowest BCUT2D eigenvalue weighted by atomic mass is 10.0. The third-order valence-corrected chi connectivity index (χ3v) is 6.41. The molecule has 2 aliphatic rings. The number of nitriles is 1. The fourth-order valence-electron chi connectivity index (χ4n) is 3.43. The number of rotatable bonds is 3. The Morgan fingerprint density at radius 1 is 1.22 bits per heavy atom. The highest BCUT2D eigenvalue weighted by Gasteiger charge is 2.30. The summed E-state index contributed by atoms with van der Waals surface area (Å²) in [6, 6.07) is 6.98. The Hall–Kier alpha value is -1.65. The number of nitrogens with zero attached hydrogens (tertiary/aromatic N) is 2. The van der Waals surface area contributed by atoms with Gasteiger partial charge in [-0.15, -0.1) is 0 Å². The SMILES string of the molecule is N#Cc1c(F)cccc1N1CCC(NC2CCS(=O)(=O)C2)CC1. The standard InChI is InChI=1S/C16H20FN3O2S/c17-15-2-1-3-16(14(15)10-18)20-7-4-12(5-8-20)19-13-6-9-23(21,22)11-13/h1-3,12-13,19H,4-9,11H2. The zero-order valence-electron chi connectivity index (χ0n) is 12.8. The molecule has 0 aliphatic carbocycles. The van der Waals surface area contributed by atoms with Gasteiger partial charge in [-0.1, -0.05) is 6.07 Å². The summed E-state index contributed by atoms with van der Waals surface area (Å²) in [4.78, 5) is 2.03. The Balaban J connectivity index is 1.59. The predicted molar refractivity (Wildman–Crippen MR) is 86.5 cm³/mol. The quantitative estimate of drug-likeness (QED) is 0.903. The minimum atomic E-state index is -2.86. The maximum Gasteiger partial charge on any atom is 0.151 e. The first-order valence-corrected chi connectivity index (χ1v) is 9.71. The molecule has 23 heavy (non-hydrogen) atoms. The van der Waals surface area contributed by atoms with Crippen LogP contribution in [0, 0.1) is 17.1 Å². The molecule has 1 N–H and O–H groups in total. The van der Waals surface area contributed by atoms with E-state index in [1.54, 1.807) is 12.1 Å². The lowest BCUT2D eigenvalue weighted by Gasteiger charge is -2.35. The van der Waals surface area contributed by atoms with E-state index in [1.807, 2.05) is 11.0 Å². The van der Waals surface area contributed by atoms with Crippen LogP contribution >= 0.6 is 0 Å². The van der Waals surface area contributed by atoms with E-state index >= 15 is 0 Å². The summed E-state index contributed by atoms with van der Waals surface area (Å²) in [7, 11) is -2.86. The number of piperidine rings is 1. The normalized spacial score (nSPS) is 24.5. The van der Waals surface area contributed by atoms with Crippen molar-refractivity contribution in [1.82, 2.24) is 5.32 Å². The van der Waals surface area contributed by atoms with Gasteiger partial charge in [0, 0.05) is 25.2 Å². The van der Waals surface area contributed by atoms with E-state index in [0.29, 0.717) is 12.1 Å². The minimum absolute atomic E-state index is 0.0559. The summed E-state index contributed by atoms with van der Waals surface area (Å²) < 4.78 is 36.7. The molecule has 0 saturated carbocycles. The zero-order valence-corrected chi connectivity index (χ0v) is 13.7. The van der Waals surface area contributed by atoms with Gasteiger partial charge in [0.25, 0.3) is 0 Å². The van der Waals surface area contributed by atoms with Crippen LogP contribution in [0.5, 0.6) is 0 Å². The molecule has 2 saturated heterocycles. The van der Waals surface area contributed by atoms with Gasteiger partial charge >= 0.3 is 0 Å². The Morgan fingerprint density at radius 3 is 2.57 bits per heavy atom. The molecule has 1 atom stereocenters. The van der Waals surface area contributed by atoms with E-state index in [0.717, 1.165) is 25.9 Å². The van der Waals surface area contributed by atoms with Gasteiger partial charge in [0.1, 0.15) is 17.4 Å². The van der Waals surface area contributed by atoms with Crippen molar-refractivity contribution in [2.75, 3.05) is 29.5 Å². The van der Waals surface area contributed by atoms with Crippen molar-refractivity contribution in [1.29, 1.82) is 5.26 Å². The number of halogens is 1. The highest BCUT2D eigenvalue weighted by Crippen LogP contribution is 2.26. The monoisotopic (exact) mass is 337 g/mol. The Labute approximate surface area is 136 Å². The van der Waals surface area contributed by atoms with Crippen molar-refractivity contribution in [3.63, 3.8) is 0 Å². The van der Waals surface area contributed by atoms with Crippen molar-refractivity contribution >= 4 is 15.5 Å². The maximum absolute atomic E-state index is 13.7. The van der Waals surface area contributed by atoms with Crippen LogP contribution in [0.15, 0.2) is 18.2 Å². The van der Waals surface area contributed by atoms with Crippen molar-refractivity contribution in [2.45, 2.75) is 31.3 Å². The Morgan fingerprint density at radius 2 is 1.96 bits per heavy atom. The highest BCUT2D eigenvalue weighted by atomic mass is 32.2. The highest BCUT2D eigenvalue weighted by molar-refractivity contribution is 7.91. The number of hydrogen-bond acceptors (Lipinski definition) is 5. The molecule has 2 heterocycles. The molecule has 5 nitrogen and oxygen atoms in total. The third-order valence-electron chi connectivity index (χ3n) is 4.64. The zero-order chi connectivity index (χ0) is 16.4. The van der Waals surface area contributed by atoms with E-state index in [2.05, 4.69) is 5.32 Å². The first-order valence-electron chi connectivity index (χ1n) is 7.88. The first-order chi connectivity index (χ1) is 11.0. The second-order valence-corrected chi connectivity index (χ2v) is 8.50. The van der Waals surface area contributed by atoms with Gasteiger partial charge in [-0.3, -0.25) is 0 Å². The minimum Gasteiger partial charge on any atom is -0.370 e. The first kappa shape index (κ1) is 16.2. The molecular formula is C16H20FN3O2S. The van der Waals surface area contributed by atoms with Gasteiger partial charge in [-0.2, -0.15) is 5.26 Å².